The average Bonchev–Trinajstić information content (AvgIpc) is 2.55. The molecule has 1 aromatic rings. The van der Waals surface area contributed by atoms with Crippen LogP contribution in [0.15, 0.2) is 24.3 Å². The molecule has 1 N–H and O–H groups in total. The van der Waals surface area contributed by atoms with Crippen LogP contribution in [0, 0.1) is 0 Å². The number of hydrogen-bond acceptors (Lipinski definition) is 4. The lowest BCUT2D eigenvalue weighted by molar-refractivity contribution is -0.131. The summed E-state index contributed by atoms with van der Waals surface area (Å²) in [7, 11) is 3.60. The van der Waals surface area contributed by atoms with Crippen molar-refractivity contribution in [3.8, 4) is 5.75 Å². The van der Waals surface area contributed by atoms with E-state index in [-0.39, 0.29) is 30.7 Å². The molecule has 1 amide bonds. The Kier molecular flexibility index (Phi) is 10.8. The first-order chi connectivity index (χ1) is 10.2. The average molecular weight is 364 g/mol. The molecule has 132 valence electrons. The van der Waals surface area contributed by atoms with Gasteiger partial charge in [-0.3, -0.25) is 4.79 Å². The number of carbonyl (C=O) groups excluding carboxylic acids is 1. The van der Waals surface area contributed by atoms with E-state index in [1.165, 1.54) is 0 Å². The van der Waals surface area contributed by atoms with Gasteiger partial charge in [0.25, 0.3) is 0 Å². The quantitative estimate of drug-likeness (QED) is 0.786. The van der Waals surface area contributed by atoms with Crippen LogP contribution in [0.2, 0.25) is 0 Å². The van der Waals surface area contributed by atoms with Crippen molar-refractivity contribution in [1.29, 1.82) is 0 Å². The summed E-state index contributed by atoms with van der Waals surface area (Å²) < 4.78 is 5.26. The minimum Gasteiger partial charge on any atom is -0.497 e. The second kappa shape index (κ2) is 11.4. The molecule has 1 aliphatic heterocycles. The summed E-state index contributed by atoms with van der Waals surface area (Å²) in [5.74, 6) is 1.15. The number of anilines is 1. The third kappa shape index (κ3) is 6.45. The fraction of sp³-hybridized carbons (Fsp3) is 0.562. The minimum atomic E-state index is 0. The van der Waals surface area contributed by atoms with Crippen LogP contribution in [0.3, 0.4) is 0 Å². The monoisotopic (exact) mass is 363 g/mol. The normalized spacial score (nSPS) is 13.8. The van der Waals surface area contributed by atoms with Crippen LogP contribution in [0.25, 0.3) is 0 Å². The molecule has 0 radical (unpaired) electrons. The van der Waals surface area contributed by atoms with Crippen LogP contribution in [-0.2, 0) is 4.79 Å². The molecule has 0 unspecified atom stereocenters. The summed E-state index contributed by atoms with van der Waals surface area (Å²) in [6.45, 7) is 4.26. The second-order valence-electron chi connectivity index (χ2n) is 5.28. The SMILES string of the molecule is CNCCCC(=O)N1CCN(c2cccc(OC)c2)CC1.Cl.Cl. The third-order valence-corrected chi connectivity index (χ3v) is 3.87. The molecule has 0 bridgehead atoms. The number of amides is 1. The van der Waals surface area contributed by atoms with E-state index < -0.39 is 0 Å². The number of benzene rings is 1. The molecule has 0 aromatic heterocycles. The zero-order valence-corrected chi connectivity index (χ0v) is 15.4. The van der Waals surface area contributed by atoms with Gasteiger partial charge in [0.05, 0.1) is 7.11 Å². The van der Waals surface area contributed by atoms with Crippen LogP contribution < -0.4 is 15.0 Å². The molecule has 0 spiro atoms. The second-order valence-corrected chi connectivity index (χ2v) is 5.28. The van der Waals surface area contributed by atoms with E-state index in [1.54, 1.807) is 7.11 Å². The zero-order valence-electron chi connectivity index (χ0n) is 13.8. The van der Waals surface area contributed by atoms with E-state index >= 15 is 0 Å². The topological polar surface area (TPSA) is 44.8 Å². The van der Waals surface area contributed by atoms with Gasteiger partial charge in [0, 0.05) is 44.4 Å². The van der Waals surface area contributed by atoms with Crippen molar-refractivity contribution in [1.82, 2.24) is 10.2 Å². The highest BCUT2D eigenvalue weighted by atomic mass is 35.5. The predicted molar refractivity (Wildman–Crippen MR) is 99.4 cm³/mol. The summed E-state index contributed by atoms with van der Waals surface area (Å²) in [5.41, 5.74) is 1.16. The first-order valence-electron chi connectivity index (χ1n) is 7.56. The maximum atomic E-state index is 12.1. The molecule has 0 aliphatic carbocycles. The molecular weight excluding hydrogens is 337 g/mol. The Morgan fingerprint density at radius 3 is 2.52 bits per heavy atom. The van der Waals surface area contributed by atoms with Gasteiger partial charge in [-0.1, -0.05) is 6.07 Å². The van der Waals surface area contributed by atoms with Gasteiger partial charge in [0.15, 0.2) is 0 Å². The Morgan fingerprint density at radius 2 is 1.91 bits per heavy atom. The molecule has 1 aliphatic rings. The number of carbonyl (C=O) groups is 1. The van der Waals surface area contributed by atoms with Crippen LogP contribution in [0.5, 0.6) is 5.75 Å². The van der Waals surface area contributed by atoms with Gasteiger partial charge in [-0.15, -0.1) is 24.8 Å². The van der Waals surface area contributed by atoms with Crippen molar-refractivity contribution in [3.63, 3.8) is 0 Å². The Hall–Kier alpha value is -1.17. The number of ether oxygens (including phenoxy) is 1. The zero-order chi connectivity index (χ0) is 15.1. The van der Waals surface area contributed by atoms with E-state index in [2.05, 4.69) is 16.3 Å². The number of hydrogen-bond donors (Lipinski definition) is 1. The number of piperazine rings is 1. The molecule has 5 nitrogen and oxygen atoms in total. The largest absolute Gasteiger partial charge is 0.497 e. The Balaban J connectivity index is 0.00000242. The molecule has 1 fully saturated rings. The molecule has 2 rings (SSSR count). The van der Waals surface area contributed by atoms with Crippen molar-refractivity contribution in [2.75, 3.05) is 51.8 Å². The number of rotatable bonds is 6. The van der Waals surface area contributed by atoms with Gasteiger partial charge in [-0.2, -0.15) is 0 Å². The third-order valence-electron chi connectivity index (χ3n) is 3.87. The highest BCUT2D eigenvalue weighted by Gasteiger charge is 2.20. The van der Waals surface area contributed by atoms with Crippen LogP contribution in [0.4, 0.5) is 5.69 Å². The van der Waals surface area contributed by atoms with Gasteiger partial charge in [-0.05, 0) is 32.1 Å². The lowest BCUT2D eigenvalue weighted by atomic mass is 10.2. The van der Waals surface area contributed by atoms with E-state index in [0.29, 0.717) is 6.42 Å². The molecule has 23 heavy (non-hydrogen) atoms. The summed E-state index contributed by atoms with van der Waals surface area (Å²) in [5, 5.41) is 3.07. The number of nitrogens with zero attached hydrogens (tertiary/aromatic N) is 2. The standard InChI is InChI=1S/C16H25N3O2.2ClH/c1-17-8-4-7-16(20)19-11-9-18(10-12-19)14-5-3-6-15(13-14)21-2;;/h3,5-6,13,17H,4,7-12H2,1-2H3;2*1H. The lowest BCUT2D eigenvalue weighted by Crippen LogP contribution is -2.48. The first kappa shape index (κ1) is 21.8. The molecule has 7 heteroatoms. The predicted octanol–water partition coefficient (Wildman–Crippen LogP) is 2.19. The fourth-order valence-corrected chi connectivity index (χ4v) is 2.60. The molecule has 0 saturated carbocycles. The lowest BCUT2D eigenvalue weighted by Gasteiger charge is -2.36. The van der Waals surface area contributed by atoms with E-state index in [4.69, 9.17) is 4.74 Å². The number of methoxy groups -OCH3 is 1. The summed E-state index contributed by atoms with van der Waals surface area (Å²) >= 11 is 0. The summed E-state index contributed by atoms with van der Waals surface area (Å²) in [4.78, 5) is 16.4. The smallest absolute Gasteiger partial charge is 0.222 e. The Labute approximate surface area is 151 Å². The van der Waals surface area contributed by atoms with Crippen LogP contribution in [-0.4, -0.2) is 57.7 Å². The van der Waals surface area contributed by atoms with Crippen LogP contribution in [0.1, 0.15) is 12.8 Å². The van der Waals surface area contributed by atoms with Crippen molar-refractivity contribution >= 4 is 36.4 Å². The van der Waals surface area contributed by atoms with Gasteiger partial charge >= 0.3 is 0 Å². The van der Waals surface area contributed by atoms with Gasteiger partial charge < -0.3 is 19.9 Å². The van der Waals surface area contributed by atoms with Gasteiger partial charge in [0.2, 0.25) is 5.91 Å². The molecule has 1 heterocycles. The van der Waals surface area contributed by atoms with E-state index in [9.17, 15) is 4.79 Å². The summed E-state index contributed by atoms with van der Waals surface area (Å²) in [6, 6.07) is 8.09. The number of halogens is 2. The highest BCUT2D eigenvalue weighted by molar-refractivity contribution is 5.85. The van der Waals surface area contributed by atoms with Gasteiger partial charge in [0.1, 0.15) is 5.75 Å². The summed E-state index contributed by atoms with van der Waals surface area (Å²) in [6.07, 6.45) is 1.55. The molecule has 0 atom stereocenters. The Morgan fingerprint density at radius 1 is 1.22 bits per heavy atom. The first-order valence-corrected chi connectivity index (χ1v) is 7.56. The minimum absolute atomic E-state index is 0. The van der Waals surface area contributed by atoms with E-state index in [0.717, 1.165) is 50.6 Å². The van der Waals surface area contributed by atoms with Crippen molar-refractivity contribution in [2.45, 2.75) is 12.8 Å². The molecule has 1 saturated heterocycles. The van der Waals surface area contributed by atoms with Crippen LogP contribution >= 0.6 is 24.8 Å². The number of nitrogens with one attached hydrogen (secondary N) is 1. The molecule has 1 aromatic carbocycles. The Bertz CT molecular complexity index is 466. The fourth-order valence-electron chi connectivity index (χ4n) is 2.60. The van der Waals surface area contributed by atoms with Gasteiger partial charge in [-0.25, -0.2) is 0 Å². The highest BCUT2D eigenvalue weighted by Crippen LogP contribution is 2.22. The van der Waals surface area contributed by atoms with Crippen molar-refractivity contribution in [3.05, 3.63) is 24.3 Å². The molecular formula is C16H27Cl2N3O2. The maximum Gasteiger partial charge on any atom is 0.222 e. The van der Waals surface area contributed by atoms with E-state index in [1.807, 2.05) is 30.1 Å². The maximum absolute atomic E-state index is 12.1. The van der Waals surface area contributed by atoms with Crippen molar-refractivity contribution < 1.29 is 9.53 Å². The van der Waals surface area contributed by atoms with Crippen molar-refractivity contribution in [2.24, 2.45) is 0 Å².